The summed E-state index contributed by atoms with van der Waals surface area (Å²) in [6, 6.07) is 0. The molecule has 66 valence electrons. The van der Waals surface area contributed by atoms with E-state index in [-0.39, 0.29) is 5.56 Å². The lowest BCUT2D eigenvalue weighted by Crippen LogP contribution is -2.20. The Morgan fingerprint density at radius 1 is 1.50 bits per heavy atom. The van der Waals surface area contributed by atoms with Gasteiger partial charge < -0.3 is 10.7 Å². The first kappa shape index (κ1) is 8.93. The molecule has 0 saturated heterocycles. The Morgan fingerprint density at radius 3 is 2.75 bits per heavy atom. The quantitative estimate of drug-likeness (QED) is 0.645. The summed E-state index contributed by atoms with van der Waals surface area (Å²) < 4.78 is 0. The molecule has 4 heteroatoms. The average Bonchev–Trinajstić information content (AvgIpc) is 2.01. The third-order valence-electron chi connectivity index (χ3n) is 1.79. The summed E-state index contributed by atoms with van der Waals surface area (Å²) >= 11 is 0. The van der Waals surface area contributed by atoms with Crippen LogP contribution in [0.1, 0.15) is 17.1 Å². The molecule has 0 unspecified atom stereocenters. The lowest BCUT2D eigenvalue weighted by Gasteiger charge is -2.01. The number of nitrogens with zero attached hydrogens (tertiary/aromatic N) is 1. The Bertz CT molecular complexity index is 330. The Labute approximate surface area is 70.8 Å². The van der Waals surface area contributed by atoms with Crippen LogP contribution in [-0.4, -0.2) is 16.5 Å². The van der Waals surface area contributed by atoms with Crippen molar-refractivity contribution in [3.05, 3.63) is 27.4 Å². The predicted molar refractivity (Wildman–Crippen MR) is 47.1 cm³/mol. The summed E-state index contributed by atoms with van der Waals surface area (Å²) in [5.41, 5.74) is 7.41. The van der Waals surface area contributed by atoms with E-state index >= 15 is 0 Å². The van der Waals surface area contributed by atoms with Crippen LogP contribution in [0.2, 0.25) is 0 Å². The van der Waals surface area contributed by atoms with Crippen LogP contribution in [0.4, 0.5) is 0 Å². The van der Waals surface area contributed by atoms with Crippen molar-refractivity contribution in [2.75, 3.05) is 6.54 Å². The number of aryl methyl sites for hydroxylation is 2. The van der Waals surface area contributed by atoms with Gasteiger partial charge in [0.1, 0.15) is 5.69 Å². The monoisotopic (exact) mass is 167 g/mol. The molecular weight excluding hydrogens is 154 g/mol. The molecule has 0 atom stereocenters. The van der Waals surface area contributed by atoms with Crippen LogP contribution >= 0.6 is 0 Å². The number of hydrogen-bond donors (Lipinski definition) is 2. The van der Waals surface area contributed by atoms with Crippen molar-refractivity contribution in [1.29, 1.82) is 0 Å². The first-order valence-corrected chi connectivity index (χ1v) is 3.91. The molecule has 0 radical (unpaired) electrons. The van der Waals surface area contributed by atoms with Crippen LogP contribution in [0, 0.1) is 13.8 Å². The molecule has 0 saturated carbocycles. The van der Waals surface area contributed by atoms with Crippen LogP contribution in [0.3, 0.4) is 0 Å². The number of rotatable bonds is 2. The van der Waals surface area contributed by atoms with Crippen molar-refractivity contribution in [3.8, 4) is 0 Å². The summed E-state index contributed by atoms with van der Waals surface area (Å²) in [7, 11) is 0. The molecule has 1 heterocycles. The Hall–Kier alpha value is -1.16. The van der Waals surface area contributed by atoms with E-state index in [0.29, 0.717) is 18.7 Å². The van der Waals surface area contributed by atoms with Crippen molar-refractivity contribution < 1.29 is 0 Å². The molecule has 0 aliphatic heterocycles. The van der Waals surface area contributed by atoms with Gasteiger partial charge in [0.2, 0.25) is 0 Å². The van der Waals surface area contributed by atoms with Crippen LogP contribution in [-0.2, 0) is 6.42 Å². The zero-order chi connectivity index (χ0) is 9.14. The molecule has 0 aliphatic rings. The maximum Gasteiger partial charge on any atom is 0.269 e. The second-order valence-electron chi connectivity index (χ2n) is 2.76. The normalized spacial score (nSPS) is 10.2. The van der Waals surface area contributed by atoms with Crippen molar-refractivity contribution >= 4 is 0 Å². The number of hydrogen-bond acceptors (Lipinski definition) is 3. The molecule has 0 amide bonds. The molecule has 0 aromatic carbocycles. The highest BCUT2D eigenvalue weighted by Crippen LogP contribution is 1.96. The standard InChI is InChI=1S/C8H13N3O/c1-5-6(2)11-8(12)7(10-5)3-4-9/h3-4,9H2,1-2H3,(H,11,12). The van der Waals surface area contributed by atoms with Crippen molar-refractivity contribution in [2.24, 2.45) is 5.73 Å². The van der Waals surface area contributed by atoms with Gasteiger partial charge in [-0.1, -0.05) is 0 Å². The third kappa shape index (κ3) is 1.71. The molecule has 0 bridgehead atoms. The zero-order valence-electron chi connectivity index (χ0n) is 7.35. The molecule has 4 nitrogen and oxygen atoms in total. The van der Waals surface area contributed by atoms with Gasteiger partial charge in [-0.25, -0.2) is 0 Å². The number of nitrogens with two attached hydrogens (primary N) is 1. The lowest BCUT2D eigenvalue weighted by molar-refractivity contribution is 0.859. The van der Waals surface area contributed by atoms with E-state index in [0.717, 1.165) is 11.4 Å². The summed E-state index contributed by atoms with van der Waals surface area (Å²) in [4.78, 5) is 18.1. The highest BCUT2D eigenvalue weighted by atomic mass is 16.1. The van der Waals surface area contributed by atoms with Crippen LogP contribution < -0.4 is 11.3 Å². The summed E-state index contributed by atoms with van der Waals surface area (Å²) in [6.07, 6.45) is 0.538. The van der Waals surface area contributed by atoms with Gasteiger partial charge >= 0.3 is 0 Å². The fourth-order valence-electron chi connectivity index (χ4n) is 0.976. The highest BCUT2D eigenvalue weighted by Gasteiger charge is 2.02. The maximum atomic E-state index is 11.2. The lowest BCUT2D eigenvalue weighted by atomic mass is 10.3. The van der Waals surface area contributed by atoms with Gasteiger partial charge in [-0.05, 0) is 20.4 Å². The minimum absolute atomic E-state index is 0.122. The first-order valence-electron chi connectivity index (χ1n) is 3.91. The van der Waals surface area contributed by atoms with Crippen molar-refractivity contribution in [1.82, 2.24) is 9.97 Å². The second kappa shape index (κ2) is 3.49. The largest absolute Gasteiger partial charge is 0.330 e. The minimum atomic E-state index is -0.122. The van der Waals surface area contributed by atoms with Crippen molar-refractivity contribution in [2.45, 2.75) is 20.3 Å². The second-order valence-corrected chi connectivity index (χ2v) is 2.76. The fourth-order valence-corrected chi connectivity index (χ4v) is 0.976. The third-order valence-corrected chi connectivity index (χ3v) is 1.79. The summed E-state index contributed by atoms with van der Waals surface area (Å²) in [6.45, 7) is 4.15. The Morgan fingerprint density at radius 2 is 2.17 bits per heavy atom. The molecule has 0 fully saturated rings. The number of aromatic nitrogens is 2. The topological polar surface area (TPSA) is 71.8 Å². The van der Waals surface area contributed by atoms with E-state index in [1.807, 2.05) is 13.8 Å². The van der Waals surface area contributed by atoms with E-state index in [9.17, 15) is 4.79 Å². The number of nitrogens with one attached hydrogen (secondary N) is 1. The maximum absolute atomic E-state index is 11.2. The van der Waals surface area contributed by atoms with E-state index in [4.69, 9.17) is 5.73 Å². The van der Waals surface area contributed by atoms with Gasteiger partial charge in [0.25, 0.3) is 5.56 Å². The van der Waals surface area contributed by atoms with Crippen molar-refractivity contribution in [3.63, 3.8) is 0 Å². The molecule has 0 aliphatic carbocycles. The molecular formula is C8H13N3O. The molecule has 1 aromatic heterocycles. The van der Waals surface area contributed by atoms with Gasteiger partial charge in [-0.2, -0.15) is 0 Å². The summed E-state index contributed by atoms with van der Waals surface area (Å²) in [5.74, 6) is 0. The van der Waals surface area contributed by atoms with Gasteiger partial charge in [0.15, 0.2) is 0 Å². The smallest absolute Gasteiger partial charge is 0.269 e. The number of H-pyrrole nitrogens is 1. The van der Waals surface area contributed by atoms with E-state index in [2.05, 4.69) is 9.97 Å². The highest BCUT2D eigenvalue weighted by molar-refractivity contribution is 5.11. The van der Waals surface area contributed by atoms with E-state index < -0.39 is 0 Å². The molecule has 3 N–H and O–H groups in total. The zero-order valence-corrected chi connectivity index (χ0v) is 7.35. The summed E-state index contributed by atoms with van der Waals surface area (Å²) in [5, 5.41) is 0. The van der Waals surface area contributed by atoms with Gasteiger partial charge in [0.05, 0.1) is 5.69 Å². The minimum Gasteiger partial charge on any atom is -0.330 e. The van der Waals surface area contributed by atoms with Crippen LogP contribution in [0.25, 0.3) is 0 Å². The van der Waals surface area contributed by atoms with Gasteiger partial charge in [-0.15, -0.1) is 0 Å². The molecule has 12 heavy (non-hydrogen) atoms. The number of aromatic amines is 1. The predicted octanol–water partition coefficient (Wildman–Crippen LogP) is -0.112. The fraction of sp³-hybridized carbons (Fsp3) is 0.500. The molecule has 1 rings (SSSR count). The van der Waals surface area contributed by atoms with Crippen LogP contribution in [0.5, 0.6) is 0 Å². The Balaban J connectivity index is 3.14. The van der Waals surface area contributed by atoms with Crippen LogP contribution in [0.15, 0.2) is 4.79 Å². The molecule has 0 spiro atoms. The Kier molecular flexibility index (Phi) is 2.60. The molecule has 1 aromatic rings. The van der Waals surface area contributed by atoms with Gasteiger partial charge in [-0.3, -0.25) is 9.78 Å². The SMILES string of the molecule is Cc1nc(CCN)c(=O)[nH]c1C. The average molecular weight is 167 g/mol. The van der Waals surface area contributed by atoms with Gasteiger partial charge in [0, 0.05) is 12.1 Å². The first-order chi connectivity index (χ1) is 5.65. The van der Waals surface area contributed by atoms with E-state index in [1.54, 1.807) is 0 Å². The van der Waals surface area contributed by atoms with E-state index in [1.165, 1.54) is 0 Å².